The highest BCUT2D eigenvalue weighted by Crippen LogP contribution is 2.51. The van der Waals surface area contributed by atoms with Crippen LogP contribution < -0.4 is 20.1 Å². The molecule has 19 heteroatoms. The average molecular weight is 893 g/mol. The Hall–Kier alpha value is -5.41. The van der Waals surface area contributed by atoms with E-state index in [1.54, 1.807) is 25.1 Å². The Labute approximate surface area is 365 Å². The van der Waals surface area contributed by atoms with Crippen LogP contribution in [-0.4, -0.2) is 101 Å². The monoisotopic (exact) mass is 892 g/mol. The second-order valence-corrected chi connectivity index (χ2v) is 16.5. The van der Waals surface area contributed by atoms with Crippen LogP contribution in [0.15, 0.2) is 91.5 Å². The number of nitrogens with zero attached hydrogens (tertiary/aromatic N) is 6. The van der Waals surface area contributed by atoms with Gasteiger partial charge in [0.1, 0.15) is 35.8 Å². The number of rotatable bonds is 21. The van der Waals surface area contributed by atoms with Gasteiger partial charge in [-0.1, -0.05) is 54.6 Å². The van der Waals surface area contributed by atoms with Gasteiger partial charge in [0.15, 0.2) is 17.0 Å². The number of hydrogen-bond acceptors (Lipinski definition) is 13. The van der Waals surface area contributed by atoms with Gasteiger partial charge in [-0.25, -0.2) is 19.6 Å². The zero-order chi connectivity index (χ0) is 45.1. The predicted octanol–water partition coefficient (Wildman–Crippen LogP) is 7.89. The fourth-order valence-electron chi connectivity index (χ4n) is 7.47. The third-order valence-corrected chi connectivity index (χ3v) is 12.5. The molecule has 336 valence electrons. The summed E-state index contributed by atoms with van der Waals surface area (Å²) < 4.78 is 80.7. The third kappa shape index (κ3) is 11.0. The molecule has 1 aliphatic rings. The summed E-state index contributed by atoms with van der Waals surface area (Å²) >= 11 is 0. The van der Waals surface area contributed by atoms with Crippen LogP contribution in [0, 0.1) is 11.3 Å². The fourth-order valence-corrected chi connectivity index (χ4v) is 9.23. The number of nitriles is 1. The predicted molar refractivity (Wildman–Crippen MR) is 230 cm³/mol. The molecular formula is C44H52F3N8O7P. The minimum Gasteiger partial charge on any atom is -0.497 e. The summed E-state index contributed by atoms with van der Waals surface area (Å²) in [6, 6.07) is 27.6. The van der Waals surface area contributed by atoms with Crippen LogP contribution >= 0.6 is 8.53 Å². The number of imidazole rings is 1. The first-order valence-electron chi connectivity index (χ1n) is 20.5. The van der Waals surface area contributed by atoms with E-state index in [1.807, 2.05) is 84.2 Å². The lowest BCUT2D eigenvalue weighted by Crippen LogP contribution is -2.39. The molecule has 0 bridgehead atoms. The van der Waals surface area contributed by atoms with Crippen molar-refractivity contribution in [3.63, 3.8) is 0 Å². The van der Waals surface area contributed by atoms with E-state index in [9.17, 15) is 23.2 Å². The molecule has 1 saturated heterocycles. The Kier molecular flexibility index (Phi) is 15.9. The van der Waals surface area contributed by atoms with Crippen LogP contribution in [-0.2, 0) is 28.9 Å². The minimum absolute atomic E-state index is 0.0247. The smallest absolute Gasteiger partial charge is 0.471 e. The molecule has 1 amide bonds. The van der Waals surface area contributed by atoms with E-state index in [1.165, 1.54) is 6.33 Å². The SMILES string of the molecule is COc1ccc(C(OC[C@H]2O[C@@H](n3cnc4c(NCCNC(=O)C(F)(F)F)ncnc43)C[C@@H]2OP(OCCC#N)N(C(C)C)C(C)C)(c2ccccc2)c2ccc(OC)cc2)cc1. The van der Waals surface area contributed by atoms with Crippen LogP contribution in [0.5, 0.6) is 11.5 Å². The van der Waals surface area contributed by atoms with Gasteiger partial charge < -0.3 is 38.6 Å². The number of aromatic nitrogens is 4. The van der Waals surface area contributed by atoms with Gasteiger partial charge in [0.05, 0.1) is 52.4 Å². The quantitative estimate of drug-likeness (QED) is 0.0415. The van der Waals surface area contributed by atoms with Crippen molar-refractivity contribution in [2.24, 2.45) is 0 Å². The number of nitrogens with one attached hydrogen (secondary N) is 2. The number of methoxy groups -OCH3 is 2. The van der Waals surface area contributed by atoms with Crippen LogP contribution in [0.4, 0.5) is 19.0 Å². The van der Waals surface area contributed by atoms with Crippen LogP contribution in [0.1, 0.15) is 63.5 Å². The summed E-state index contributed by atoms with van der Waals surface area (Å²) in [7, 11) is 1.51. The Bertz CT molecular complexity index is 2220. The van der Waals surface area contributed by atoms with Gasteiger partial charge in [0.2, 0.25) is 0 Å². The van der Waals surface area contributed by atoms with E-state index in [0.29, 0.717) is 29.1 Å². The van der Waals surface area contributed by atoms with E-state index in [0.717, 1.165) is 16.7 Å². The molecule has 63 heavy (non-hydrogen) atoms. The summed E-state index contributed by atoms with van der Waals surface area (Å²) in [6.45, 7) is 8.07. The topological polar surface area (TPSA) is 167 Å². The lowest BCUT2D eigenvalue weighted by Gasteiger charge is -2.39. The summed E-state index contributed by atoms with van der Waals surface area (Å²) in [6.07, 6.45) is -3.63. The molecule has 3 aromatic carbocycles. The molecule has 0 aliphatic carbocycles. The molecule has 3 heterocycles. The Morgan fingerprint density at radius 1 is 0.921 bits per heavy atom. The van der Waals surface area contributed by atoms with Crippen LogP contribution in [0.25, 0.3) is 11.2 Å². The van der Waals surface area contributed by atoms with Crippen molar-refractivity contribution in [3.8, 4) is 17.6 Å². The second kappa shape index (κ2) is 21.3. The third-order valence-electron chi connectivity index (χ3n) is 10.3. The number of anilines is 1. The zero-order valence-corrected chi connectivity index (χ0v) is 36.8. The molecule has 2 aromatic heterocycles. The molecule has 0 spiro atoms. The lowest BCUT2D eigenvalue weighted by molar-refractivity contribution is -0.173. The van der Waals surface area contributed by atoms with Crippen molar-refractivity contribution in [2.75, 3.05) is 45.8 Å². The first kappa shape index (κ1) is 47.1. The maximum Gasteiger partial charge on any atom is 0.471 e. The fraction of sp³-hybridized carbons (Fsp3) is 0.432. The maximum atomic E-state index is 12.7. The van der Waals surface area contributed by atoms with Crippen molar-refractivity contribution in [2.45, 2.75) is 82.8 Å². The highest BCUT2D eigenvalue weighted by atomic mass is 31.2. The van der Waals surface area contributed by atoms with Crippen molar-refractivity contribution >= 4 is 31.4 Å². The first-order valence-corrected chi connectivity index (χ1v) is 21.6. The summed E-state index contributed by atoms with van der Waals surface area (Å²) in [5, 5.41) is 14.2. The number of halogens is 3. The number of carbonyl (C=O) groups excluding carboxylic acids is 1. The molecule has 1 fully saturated rings. The van der Waals surface area contributed by atoms with Crippen molar-refractivity contribution < 1.29 is 46.0 Å². The van der Waals surface area contributed by atoms with Gasteiger partial charge in [-0.3, -0.25) is 9.36 Å². The maximum absolute atomic E-state index is 12.7. The van der Waals surface area contributed by atoms with Gasteiger partial charge in [-0.15, -0.1) is 0 Å². The first-order chi connectivity index (χ1) is 30.3. The van der Waals surface area contributed by atoms with Crippen LogP contribution in [0.2, 0.25) is 0 Å². The number of amides is 1. The molecule has 1 aliphatic heterocycles. The molecule has 6 rings (SSSR count). The van der Waals surface area contributed by atoms with Crippen molar-refractivity contribution in [3.05, 3.63) is 108 Å². The number of fused-ring (bicyclic) bond motifs is 1. The Balaban J connectivity index is 1.38. The molecule has 5 aromatic rings. The number of benzene rings is 3. The largest absolute Gasteiger partial charge is 0.497 e. The highest BCUT2D eigenvalue weighted by Gasteiger charge is 2.45. The van der Waals surface area contributed by atoms with Gasteiger partial charge in [0, 0.05) is 31.6 Å². The highest BCUT2D eigenvalue weighted by molar-refractivity contribution is 7.44. The molecule has 2 N–H and O–H groups in total. The van der Waals surface area contributed by atoms with E-state index in [-0.39, 0.29) is 50.6 Å². The van der Waals surface area contributed by atoms with E-state index in [2.05, 4.69) is 58.7 Å². The Morgan fingerprint density at radius 2 is 1.54 bits per heavy atom. The standard InChI is InChI=1S/C44H52F3N8O7P/c1-29(2)55(30(3)4)63(60-24-10-21-48)62-36-25-38(54-28-53-39-40(51-27-52-41(39)54)49-22-23-50-42(56)44(45,46)47)61-37(36)26-59-43(31-11-8-7-9-12-31,32-13-17-34(57-5)18-14-32)33-15-19-35(58-6)20-16-33/h7-9,11-20,27-30,36-38H,10,22-26H2,1-6H3,(H,50,56)(H,49,51,52)/t36-,37+,38+,63?/m0/s1. The van der Waals surface area contributed by atoms with Gasteiger partial charge in [-0.2, -0.15) is 18.4 Å². The summed E-state index contributed by atoms with van der Waals surface area (Å²) in [4.78, 5) is 24.6. The molecule has 15 nitrogen and oxygen atoms in total. The van der Waals surface area contributed by atoms with Crippen molar-refractivity contribution in [1.29, 1.82) is 5.26 Å². The van der Waals surface area contributed by atoms with E-state index < -0.39 is 44.6 Å². The molecule has 0 radical (unpaired) electrons. The number of hydrogen-bond donors (Lipinski definition) is 2. The van der Waals surface area contributed by atoms with Gasteiger partial charge in [-0.05, 0) is 68.7 Å². The molecule has 0 saturated carbocycles. The summed E-state index contributed by atoms with van der Waals surface area (Å²) in [5.74, 6) is -0.416. The second-order valence-electron chi connectivity index (χ2n) is 15.1. The van der Waals surface area contributed by atoms with Crippen LogP contribution in [0.3, 0.4) is 0 Å². The zero-order valence-electron chi connectivity index (χ0n) is 35.9. The number of carbonyl (C=O) groups is 1. The van der Waals surface area contributed by atoms with Crippen molar-refractivity contribution in [1.82, 2.24) is 29.5 Å². The van der Waals surface area contributed by atoms with E-state index in [4.69, 9.17) is 28.0 Å². The summed E-state index contributed by atoms with van der Waals surface area (Å²) in [5.41, 5.74) is 2.08. The normalized spacial score (nSPS) is 17.3. The molecule has 4 atom stereocenters. The minimum atomic E-state index is -4.99. The number of ether oxygens (including phenoxy) is 4. The van der Waals surface area contributed by atoms with Gasteiger partial charge >= 0.3 is 12.1 Å². The number of alkyl halides is 3. The molecule has 1 unspecified atom stereocenters. The Morgan fingerprint density at radius 3 is 2.11 bits per heavy atom. The average Bonchev–Trinajstić information content (AvgIpc) is 3.90. The lowest BCUT2D eigenvalue weighted by atomic mass is 9.80. The van der Waals surface area contributed by atoms with Gasteiger partial charge in [0.25, 0.3) is 8.53 Å². The molecular weight excluding hydrogens is 841 g/mol. The van der Waals surface area contributed by atoms with E-state index >= 15 is 0 Å².